The van der Waals surface area contributed by atoms with Gasteiger partial charge in [0.25, 0.3) is 0 Å². The molecule has 0 aromatic carbocycles. The first-order chi connectivity index (χ1) is 7.75. The van der Waals surface area contributed by atoms with Crippen molar-refractivity contribution in [3.8, 4) is 0 Å². The SMILES string of the molecule is CC1CN(C(N)=NCc2nccs2)CCO1.I. The molecular formula is C10H17IN4OS. The van der Waals surface area contributed by atoms with Crippen LogP contribution in [0.5, 0.6) is 0 Å². The quantitative estimate of drug-likeness (QED) is 0.486. The molecule has 0 spiro atoms. The van der Waals surface area contributed by atoms with E-state index in [4.69, 9.17) is 10.5 Å². The molecule has 2 rings (SSSR count). The maximum Gasteiger partial charge on any atom is 0.191 e. The van der Waals surface area contributed by atoms with Gasteiger partial charge in [-0.15, -0.1) is 35.3 Å². The van der Waals surface area contributed by atoms with Gasteiger partial charge in [-0.3, -0.25) is 0 Å². The lowest BCUT2D eigenvalue weighted by atomic mass is 10.3. The fourth-order valence-corrected chi connectivity index (χ4v) is 2.15. The number of hydrogen-bond donors (Lipinski definition) is 1. The minimum absolute atomic E-state index is 0. The lowest BCUT2D eigenvalue weighted by Gasteiger charge is -2.31. The van der Waals surface area contributed by atoms with Crippen LogP contribution in [0.15, 0.2) is 16.6 Å². The van der Waals surface area contributed by atoms with Crippen molar-refractivity contribution in [2.24, 2.45) is 10.7 Å². The van der Waals surface area contributed by atoms with Crippen LogP contribution in [0.3, 0.4) is 0 Å². The highest BCUT2D eigenvalue weighted by Crippen LogP contribution is 2.07. The van der Waals surface area contributed by atoms with Gasteiger partial charge in [-0.25, -0.2) is 9.98 Å². The Balaban J connectivity index is 0.00000144. The summed E-state index contributed by atoms with van der Waals surface area (Å²) in [6.07, 6.45) is 2.00. The average Bonchev–Trinajstić information content (AvgIpc) is 2.78. The van der Waals surface area contributed by atoms with Crippen LogP contribution >= 0.6 is 35.3 Å². The van der Waals surface area contributed by atoms with Gasteiger partial charge >= 0.3 is 0 Å². The third-order valence-electron chi connectivity index (χ3n) is 2.42. The van der Waals surface area contributed by atoms with Crippen molar-refractivity contribution in [1.29, 1.82) is 0 Å². The summed E-state index contributed by atoms with van der Waals surface area (Å²) in [5.41, 5.74) is 5.92. The van der Waals surface area contributed by atoms with Crippen molar-refractivity contribution in [1.82, 2.24) is 9.88 Å². The molecule has 2 heterocycles. The van der Waals surface area contributed by atoms with Crippen LogP contribution in [0.4, 0.5) is 0 Å². The van der Waals surface area contributed by atoms with E-state index < -0.39 is 0 Å². The number of nitrogens with two attached hydrogens (primary N) is 1. The minimum Gasteiger partial charge on any atom is -0.375 e. The summed E-state index contributed by atoms with van der Waals surface area (Å²) in [5, 5.41) is 2.93. The molecule has 7 heteroatoms. The second-order valence-electron chi connectivity index (χ2n) is 3.73. The van der Waals surface area contributed by atoms with E-state index in [-0.39, 0.29) is 30.1 Å². The van der Waals surface area contributed by atoms with Crippen molar-refractivity contribution in [3.63, 3.8) is 0 Å². The maximum atomic E-state index is 5.92. The van der Waals surface area contributed by atoms with E-state index in [9.17, 15) is 0 Å². The number of rotatable bonds is 2. The molecule has 1 fully saturated rings. The highest BCUT2D eigenvalue weighted by molar-refractivity contribution is 14.0. The molecule has 5 nitrogen and oxygen atoms in total. The summed E-state index contributed by atoms with van der Waals surface area (Å²) < 4.78 is 5.45. The highest BCUT2D eigenvalue weighted by Gasteiger charge is 2.17. The fraction of sp³-hybridized carbons (Fsp3) is 0.600. The van der Waals surface area contributed by atoms with E-state index >= 15 is 0 Å². The molecule has 0 bridgehead atoms. The molecule has 2 N–H and O–H groups in total. The second-order valence-corrected chi connectivity index (χ2v) is 4.71. The maximum absolute atomic E-state index is 5.92. The normalized spacial score (nSPS) is 21.1. The predicted octanol–water partition coefficient (Wildman–Crippen LogP) is 1.30. The Labute approximate surface area is 122 Å². The zero-order valence-electron chi connectivity index (χ0n) is 9.70. The highest BCUT2D eigenvalue weighted by atomic mass is 127. The number of aromatic nitrogens is 1. The van der Waals surface area contributed by atoms with Crippen LogP contribution in [0, 0.1) is 0 Å². The van der Waals surface area contributed by atoms with Gasteiger partial charge in [0, 0.05) is 24.7 Å². The number of guanidine groups is 1. The van der Waals surface area contributed by atoms with Crippen LogP contribution in [-0.4, -0.2) is 41.6 Å². The van der Waals surface area contributed by atoms with Gasteiger partial charge in [-0.2, -0.15) is 0 Å². The summed E-state index contributed by atoms with van der Waals surface area (Å²) in [6.45, 7) is 4.95. The van der Waals surface area contributed by atoms with E-state index in [0.29, 0.717) is 19.1 Å². The van der Waals surface area contributed by atoms with E-state index in [1.165, 1.54) is 0 Å². The first-order valence-corrected chi connectivity index (χ1v) is 6.18. The Morgan fingerprint density at radius 2 is 2.59 bits per heavy atom. The molecule has 1 aliphatic rings. The van der Waals surface area contributed by atoms with E-state index in [0.717, 1.165) is 18.1 Å². The molecular weight excluding hydrogens is 351 g/mol. The summed E-state index contributed by atoms with van der Waals surface area (Å²) >= 11 is 1.60. The molecule has 17 heavy (non-hydrogen) atoms. The molecule has 1 aromatic heterocycles. The van der Waals surface area contributed by atoms with Gasteiger partial charge in [0.05, 0.1) is 19.3 Å². The van der Waals surface area contributed by atoms with Gasteiger partial charge in [-0.05, 0) is 6.92 Å². The zero-order chi connectivity index (χ0) is 11.4. The Hall–Kier alpha value is -0.410. The first kappa shape index (κ1) is 14.7. The van der Waals surface area contributed by atoms with Gasteiger partial charge < -0.3 is 15.4 Å². The average molecular weight is 368 g/mol. The molecule has 1 atom stereocenters. The van der Waals surface area contributed by atoms with Crippen molar-refractivity contribution >= 4 is 41.3 Å². The third-order valence-corrected chi connectivity index (χ3v) is 3.19. The number of aliphatic imine (C=N–C) groups is 1. The van der Waals surface area contributed by atoms with Crippen LogP contribution in [0.25, 0.3) is 0 Å². The molecule has 1 unspecified atom stereocenters. The minimum atomic E-state index is 0. The Bertz CT molecular complexity index is 357. The lowest BCUT2D eigenvalue weighted by molar-refractivity contribution is 0.00529. The molecule has 1 aromatic rings. The van der Waals surface area contributed by atoms with Crippen molar-refractivity contribution in [3.05, 3.63) is 16.6 Å². The van der Waals surface area contributed by atoms with Crippen molar-refractivity contribution in [2.75, 3.05) is 19.7 Å². The monoisotopic (exact) mass is 368 g/mol. The fourth-order valence-electron chi connectivity index (χ4n) is 1.61. The van der Waals surface area contributed by atoms with Crippen molar-refractivity contribution < 1.29 is 4.74 Å². The van der Waals surface area contributed by atoms with E-state index in [1.807, 2.05) is 12.3 Å². The topological polar surface area (TPSA) is 63.7 Å². The van der Waals surface area contributed by atoms with Gasteiger partial charge in [0.15, 0.2) is 5.96 Å². The van der Waals surface area contributed by atoms with E-state index in [1.54, 1.807) is 17.5 Å². The van der Waals surface area contributed by atoms with Crippen LogP contribution < -0.4 is 5.73 Å². The Morgan fingerprint density at radius 3 is 3.24 bits per heavy atom. The summed E-state index contributed by atoms with van der Waals surface area (Å²) in [5.74, 6) is 0.588. The molecule has 1 saturated heterocycles. The molecule has 0 aliphatic carbocycles. The van der Waals surface area contributed by atoms with Crippen molar-refractivity contribution in [2.45, 2.75) is 19.6 Å². The summed E-state index contributed by atoms with van der Waals surface area (Å²) in [4.78, 5) is 10.6. The standard InChI is InChI=1S/C10H16N4OS.HI/c1-8-7-14(3-4-15-8)10(11)13-6-9-12-2-5-16-9;/h2,5,8H,3-4,6-7H2,1H3,(H2,11,13);1H. The third kappa shape index (κ3) is 4.40. The lowest BCUT2D eigenvalue weighted by Crippen LogP contribution is -2.47. The van der Waals surface area contributed by atoms with Gasteiger partial charge in [0.2, 0.25) is 0 Å². The number of ether oxygens (including phenoxy) is 1. The molecule has 96 valence electrons. The Kier molecular flexibility index (Phi) is 6.14. The zero-order valence-corrected chi connectivity index (χ0v) is 12.9. The Morgan fingerprint density at radius 1 is 1.76 bits per heavy atom. The van der Waals surface area contributed by atoms with E-state index in [2.05, 4.69) is 14.9 Å². The second kappa shape index (κ2) is 7.12. The molecule has 0 radical (unpaired) electrons. The molecule has 1 aliphatic heterocycles. The number of thiazole rings is 1. The molecule has 0 amide bonds. The van der Waals surface area contributed by atoms with Gasteiger partial charge in [-0.1, -0.05) is 0 Å². The number of hydrogen-bond acceptors (Lipinski definition) is 4. The van der Waals surface area contributed by atoms with Crippen LogP contribution in [0.1, 0.15) is 11.9 Å². The van der Waals surface area contributed by atoms with Crippen LogP contribution in [-0.2, 0) is 11.3 Å². The number of nitrogens with zero attached hydrogens (tertiary/aromatic N) is 3. The number of halogens is 1. The predicted molar refractivity (Wildman–Crippen MR) is 79.8 cm³/mol. The van der Waals surface area contributed by atoms with Crippen LogP contribution in [0.2, 0.25) is 0 Å². The first-order valence-electron chi connectivity index (χ1n) is 5.30. The summed E-state index contributed by atoms with van der Waals surface area (Å²) in [7, 11) is 0. The number of morpholine rings is 1. The van der Waals surface area contributed by atoms with Gasteiger partial charge in [0.1, 0.15) is 5.01 Å². The smallest absolute Gasteiger partial charge is 0.191 e. The molecule has 0 saturated carbocycles. The summed E-state index contributed by atoms with van der Waals surface area (Å²) in [6, 6.07) is 0. The largest absolute Gasteiger partial charge is 0.375 e.